The predicted octanol–water partition coefficient (Wildman–Crippen LogP) is 1.13. The number of carbonyl (C=O) groups is 2. The molecule has 0 unspecified atom stereocenters. The van der Waals surface area contributed by atoms with Crippen LogP contribution in [-0.4, -0.2) is 30.2 Å². The molecule has 0 radical (unpaired) electrons. The molecule has 0 amide bonds. The van der Waals surface area contributed by atoms with Crippen LogP contribution in [0.3, 0.4) is 0 Å². The van der Waals surface area contributed by atoms with Crippen molar-refractivity contribution in [3.05, 3.63) is 25.3 Å². The highest BCUT2D eigenvalue weighted by Gasteiger charge is 2.15. The van der Waals surface area contributed by atoms with E-state index in [4.69, 9.17) is 9.47 Å². The summed E-state index contributed by atoms with van der Waals surface area (Å²) in [5, 5.41) is 0. The Balaban J connectivity index is 4.13. The summed E-state index contributed by atoms with van der Waals surface area (Å²) in [5.41, 5.74) is 0. The van der Waals surface area contributed by atoms with E-state index in [0.29, 0.717) is 5.75 Å². The highest BCUT2D eigenvalue weighted by atomic mass is 32.2. The minimum atomic E-state index is -0.888. The van der Waals surface area contributed by atoms with Crippen LogP contribution in [0.15, 0.2) is 25.3 Å². The monoisotopic (exact) mass is 216 g/mol. The van der Waals surface area contributed by atoms with Gasteiger partial charge in [-0.3, -0.25) is 0 Å². The quantitative estimate of drug-likeness (QED) is 0.378. The maximum absolute atomic E-state index is 10.8. The average molecular weight is 216 g/mol. The Bertz CT molecular complexity index is 215. The van der Waals surface area contributed by atoms with Gasteiger partial charge < -0.3 is 9.47 Å². The fraction of sp³-hybridized carbons (Fsp3) is 0.333. The highest BCUT2D eigenvalue weighted by molar-refractivity contribution is 7.98. The summed E-state index contributed by atoms with van der Waals surface area (Å²) < 4.78 is 9.49. The van der Waals surface area contributed by atoms with Crippen LogP contribution in [0.1, 0.15) is 0 Å². The third-order valence-electron chi connectivity index (χ3n) is 1.13. The molecule has 0 atom stereocenters. The van der Waals surface area contributed by atoms with Gasteiger partial charge in [-0.25, -0.2) is 9.59 Å². The second kappa shape index (κ2) is 7.20. The number of carbonyl (C=O) groups excluding carboxylic acids is 2. The van der Waals surface area contributed by atoms with Crippen molar-refractivity contribution in [3.63, 3.8) is 0 Å². The van der Waals surface area contributed by atoms with Gasteiger partial charge >= 0.3 is 11.9 Å². The third-order valence-corrected chi connectivity index (χ3v) is 1.74. The first kappa shape index (κ1) is 12.8. The lowest BCUT2D eigenvalue weighted by atomic mass is 10.6. The molecule has 0 aliphatic rings. The summed E-state index contributed by atoms with van der Waals surface area (Å²) in [7, 11) is 0. The Kier molecular flexibility index (Phi) is 6.57. The number of hydrogen-bond acceptors (Lipinski definition) is 5. The molecule has 0 aliphatic carbocycles. The molecule has 78 valence electrons. The fourth-order valence-electron chi connectivity index (χ4n) is 0.584. The number of thioether (sulfide) groups is 1. The SMILES string of the molecule is C=CC(=O)OC(CSC)OC(=O)C=C. The molecule has 0 aromatic carbocycles. The highest BCUT2D eigenvalue weighted by Crippen LogP contribution is 2.05. The molecule has 0 fully saturated rings. The first-order valence-electron chi connectivity index (χ1n) is 3.79. The van der Waals surface area contributed by atoms with Gasteiger partial charge in [-0.1, -0.05) is 13.2 Å². The van der Waals surface area contributed by atoms with Gasteiger partial charge in [-0.15, -0.1) is 0 Å². The summed E-state index contributed by atoms with van der Waals surface area (Å²) in [4.78, 5) is 21.6. The molecule has 14 heavy (non-hydrogen) atoms. The van der Waals surface area contributed by atoms with Crippen molar-refractivity contribution in [3.8, 4) is 0 Å². The standard InChI is InChI=1S/C9H12O4S/c1-4-7(10)12-9(6-14-3)13-8(11)5-2/h4-5,9H,1-2,6H2,3H3. The fourth-order valence-corrected chi connectivity index (χ4v) is 0.992. The molecule has 0 N–H and O–H groups in total. The maximum atomic E-state index is 10.8. The third kappa shape index (κ3) is 5.42. The Hall–Kier alpha value is -1.23. The summed E-state index contributed by atoms with van der Waals surface area (Å²) in [6, 6.07) is 0. The number of hydrogen-bond donors (Lipinski definition) is 0. The summed E-state index contributed by atoms with van der Waals surface area (Å²) in [5.74, 6) is -0.874. The Morgan fingerprint density at radius 2 is 1.71 bits per heavy atom. The van der Waals surface area contributed by atoms with Crippen LogP contribution < -0.4 is 0 Å². The molecular formula is C9H12O4S. The molecule has 0 heterocycles. The van der Waals surface area contributed by atoms with E-state index in [1.165, 1.54) is 11.8 Å². The van der Waals surface area contributed by atoms with Crippen molar-refractivity contribution in [2.75, 3.05) is 12.0 Å². The zero-order valence-corrected chi connectivity index (χ0v) is 8.71. The van der Waals surface area contributed by atoms with Crippen LogP contribution in [0.2, 0.25) is 0 Å². The van der Waals surface area contributed by atoms with Crippen molar-refractivity contribution in [2.24, 2.45) is 0 Å². The molecule has 0 bridgehead atoms. The van der Waals surface area contributed by atoms with Crippen molar-refractivity contribution >= 4 is 23.7 Å². The summed E-state index contributed by atoms with van der Waals surface area (Å²) in [6.45, 7) is 6.46. The van der Waals surface area contributed by atoms with Gasteiger partial charge in [-0.2, -0.15) is 11.8 Å². The molecule has 0 aromatic heterocycles. The summed E-state index contributed by atoms with van der Waals surface area (Å²) in [6.07, 6.45) is 2.93. The van der Waals surface area contributed by atoms with Gasteiger partial charge in [0.05, 0.1) is 5.75 Å². The smallest absolute Gasteiger partial charge is 0.333 e. The minimum absolute atomic E-state index is 0.374. The lowest BCUT2D eigenvalue weighted by molar-refractivity contribution is -0.176. The van der Waals surface area contributed by atoms with Gasteiger partial charge in [0.15, 0.2) is 0 Å². The normalized spacial score (nSPS) is 9.29. The zero-order chi connectivity index (χ0) is 11.0. The first-order chi connectivity index (χ1) is 6.63. The number of rotatable bonds is 6. The van der Waals surface area contributed by atoms with Gasteiger partial charge in [0.2, 0.25) is 0 Å². The molecule has 4 nitrogen and oxygen atoms in total. The number of esters is 2. The van der Waals surface area contributed by atoms with Gasteiger partial charge in [0.25, 0.3) is 6.29 Å². The van der Waals surface area contributed by atoms with E-state index in [9.17, 15) is 9.59 Å². The topological polar surface area (TPSA) is 52.6 Å². The van der Waals surface area contributed by atoms with E-state index in [-0.39, 0.29) is 0 Å². The van der Waals surface area contributed by atoms with Crippen LogP contribution in [0.25, 0.3) is 0 Å². The molecule has 0 rings (SSSR count). The zero-order valence-electron chi connectivity index (χ0n) is 7.89. The largest absolute Gasteiger partial charge is 0.421 e. The van der Waals surface area contributed by atoms with Crippen LogP contribution in [0.5, 0.6) is 0 Å². The second-order valence-electron chi connectivity index (χ2n) is 2.17. The van der Waals surface area contributed by atoms with Crippen molar-refractivity contribution < 1.29 is 19.1 Å². The number of ether oxygens (including phenoxy) is 2. The Labute approximate surface area is 87.0 Å². The van der Waals surface area contributed by atoms with E-state index in [1.54, 1.807) is 6.26 Å². The predicted molar refractivity (Wildman–Crippen MR) is 54.7 cm³/mol. The molecule has 0 aromatic rings. The van der Waals surface area contributed by atoms with Crippen LogP contribution in [-0.2, 0) is 19.1 Å². The second-order valence-corrected chi connectivity index (χ2v) is 3.08. The van der Waals surface area contributed by atoms with E-state index in [2.05, 4.69) is 13.2 Å². The lowest BCUT2D eigenvalue weighted by Gasteiger charge is -2.15. The van der Waals surface area contributed by atoms with Gasteiger partial charge in [0, 0.05) is 12.2 Å². The average Bonchev–Trinajstić information content (AvgIpc) is 2.17. The van der Waals surface area contributed by atoms with Crippen LogP contribution in [0, 0.1) is 0 Å². The van der Waals surface area contributed by atoms with Crippen LogP contribution >= 0.6 is 11.8 Å². The first-order valence-corrected chi connectivity index (χ1v) is 5.18. The molecule has 0 spiro atoms. The van der Waals surface area contributed by atoms with Gasteiger partial charge in [0.1, 0.15) is 0 Å². The van der Waals surface area contributed by atoms with Crippen molar-refractivity contribution in [1.29, 1.82) is 0 Å². The van der Waals surface area contributed by atoms with E-state index in [0.717, 1.165) is 12.2 Å². The van der Waals surface area contributed by atoms with Crippen LogP contribution in [0.4, 0.5) is 0 Å². The lowest BCUT2D eigenvalue weighted by Crippen LogP contribution is -2.25. The molecule has 5 heteroatoms. The van der Waals surface area contributed by atoms with E-state index < -0.39 is 18.2 Å². The maximum Gasteiger partial charge on any atom is 0.333 e. The summed E-state index contributed by atoms with van der Waals surface area (Å²) >= 11 is 1.39. The minimum Gasteiger partial charge on any atom is -0.421 e. The Morgan fingerprint density at radius 1 is 1.29 bits per heavy atom. The molecule has 0 saturated carbocycles. The molecule has 0 aliphatic heterocycles. The van der Waals surface area contributed by atoms with Crippen molar-refractivity contribution in [2.45, 2.75) is 6.29 Å². The van der Waals surface area contributed by atoms with Gasteiger partial charge in [-0.05, 0) is 6.26 Å². The van der Waals surface area contributed by atoms with Crippen molar-refractivity contribution in [1.82, 2.24) is 0 Å². The van der Waals surface area contributed by atoms with E-state index >= 15 is 0 Å². The molecule has 0 saturated heterocycles. The Morgan fingerprint density at radius 3 is 2.00 bits per heavy atom. The van der Waals surface area contributed by atoms with E-state index in [1.807, 2.05) is 0 Å². The molecular weight excluding hydrogens is 204 g/mol.